The number of aryl methyl sites for hydroxylation is 1. The number of hydrogen-bond donors (Lipinski definition) is 0. The predicted molar refractivity (Wildman–Crippen MR) is 106 cm³/mol. The molecule has 1 fully saturated rings. The molecule has 1 aromatic carbocycles. The summed E-state index contributed by atoms with van der Waals surface area (Å²) in [6, 6.07) is 9.62. The van der Waals surface area contributed by atoms with Gasteiger partial charge in [-0.05, 0) is 55.4 Å². The fraction of sp³-hybridized carbons (Fsp3) is 0.250. The summed E-state index contributed by atoms with van der Waals surface area (Å²) in [6.45, 7) is 3.52. The molecule has 3 rings (SSSR count). The van der Waals surface area contributed by atoms with Crippen molar-refractivity contribution in [1.82, 2.24) is 9.47 Å². The molecule has 0 spiro atoms. The standard InChI is InChI=1S/C20H20N2O5S/c1-12-8-14(13(2)22(12)15-6-5-7-16(10-15)26-3)9-17-19(24)21(20(25)28-17)11-18(23)27-4/h5-10H,11H2,1-4H3/b17-9-. The number of carbonyl (C=O) groups excluding carboxylic acids is 3. The predicted octanol–water partition coefficient (Wildman–Crippen LogP) is 3.31. The number of ether oxygens (including phenoxy) is 2. The average Bonchev–Trinajstić information content (AvgIpc) is 3.11. The summed E-state index contributed by atoms with van der Waals surface area (Å²) in [7, 11) is 2.83. The maximum Gasteiger partial charge on any atom is 0.325 e. The first-order valence-electron chi connectivity index (χ1n) is 8.51. The highest BCUT2D eigenvalue weighted by atomic mass is 32.2. The van der Waals surface area contributed by atoms with E-state index in [1.54, 1.807) is 13.2 Å². The van der Waals surface area contributed by atoms with E-state index in [0.717, 1.165) is 45.1 Å². The number of imide groups is 1. The van der Waals surface area contributed by atoms with E-state index in [9.17, 15) is 14.4 Å². The molecule has 1 aliphatic heterocycles. The van der Waals surface area contributed by atoms with Gasteiger partial charge in [0, 0.05) is 23.1 Å². The number of rotatable bonds is 5. The van der Waals surface area contributed by atoms with Gasteiger partial charge in [0.2, 0.25) is 0 Å². The molecule has 0 unspecified atom stereocenters. The molecule has 146 valence electrons. The van der Waals surface area contributed by atoms with Crippen molar-refractivity contribution in [1.29, 1.82) is 0 Å². The summed E-state index contributed by atoms with van der Waals surface area (Å²) >= 11 is 0.816. The van der Waals surface area contributed by atoms with Crippen LogP contribution in [0.3, 0.4) is 0 Å². The first kappa shape index (κ1) is 19.8. The molecule has 28 heavy (non-hydrogen) atoms. The van der Waals surface area contributed by atoms with Crippen molar-refractivity contribution in [3.05, 3.63) is 52.2 Å². The zero-order valence-electron chi connectivity index (χ0n) is 16.0. The second-order valence-electron chi connectivity index (χ2n) is 6.21. The molecule has 0 radical (unpaired) electrons. The van der Waals surface area contributed by atoms with Gasteiger partial charge >= 0.3 is 5.97 Å². The Morgan fingerprint density at radius 2 is 1.93 bits per heavy atom. The summed E-state index contributed by atoms with van der Waals surface area (Å²) in [5, 5.41) is -0.483. The largest absolute Gasteiger partial charge is 0.497 e. The smallest absolute Gasteiger partial charge is 0.325 e. The minimum absolute atomic E-state index is 0.278. The van der Waals surface area contributed by atoms with E-state index in [1.807, 2.05) is 48.7 Å². The monoisotopic (exact) mass is 400 g/mol. The van der Waals surface area contributed by atoms with Crippen LogP contribution in [-0.2, 0) is 14.3 Å². The van der Waals surface area contributed by atoms with Crippen LogP contribution in [0.1, 0.15) is 17.0 Å². The zero-order valence-corrected chi connectivity index (χ0v) is 16.8. The van der Waals surface area contributed by atoms with Crippen molar-refractivity contribution in [2.45, 2.75) is 13.8 Å². The normalized spacial score (nSPS) is 15.4. The summed E-state index contributed by atoms with van der Waals surface area (Å²) in [5.41, 5.74) is 3.66. The highest BCUT2D eigenvalue weighted by Gasteiger charge is 2.36. The van der Waals surface area contributed by atoms with Crippen molar-refractivity contribution < 1.29 is 23.9 Å². The van der Waals surface area contributed by atoms with E-state index < -0.39 is 17.1 Å². The van der Waals surface area contributed by atoms with Gasteiger partial charge in [-0.3, -0.25) is 19.3 Å². The van der Waals surface area contributed by atoms with Gasteiger partial charge in [-0.1, -0.05) is 6.07 Å². The van der Waals surface area contributed by atoms with Crippen LogP contribution in [-0.4, -0.2) is 47.3 Å². The molecule has 0 atom stereocenters. The molecule has 0 aliphatic carbocycles. The van der Waals surface area contributed by atoms with Crippen LogP contribution < -0.4 is 4.74 Å². The number of methoxy groups -OCH3 is 2. The molecule has 0 saturated carbocycles. The van der Waals surface area contributed by atoms with E-state index >= 15 is 0 Å². The average molecular weight is 400 g/mol. The number of amides is 2. The Bertz CT molecular complexity index is 992. The molecule has 1 aromatic heterocycles. The maximum atomic E-state index is 12.5. The molecular weight excluding hydrogens is 380 g/mol. The van der Waals surface area contributed by atoms with Crippen molar-refractivity contribution >= 4 is 35.0 Å². The molecule has 7 nitrogen and oxygen atoms in total. The number of thioether (sulfide) groups is 1. The van der Waals surface area contributed by atoms with Crippen LogP contribution in [0.5, 0.6) is 5.75 Å². The second-order valence-corrected chi connectivity index (χ2v) is 7.20. The van der Waals surface area contributed by atoms with Gasteiger partial charge < -0.3 is 14.0 Å². The first-order valence-corrected chi connectivity index (χ1v) is 9.33. The number of aromatic nitrogens is 1. The van der Waals surface area contributed by atoms with Crippen LogP contribution in [0.2, 0.25) is 0 Å². The third-order valence-corrected chi connectivity index (χ3v) is 5.36. The molecule has 2 aromatic rings. The molecule has 1 saturated heterocycles. The van der Waals surface area contributed by atoms with Gasteiger partial charge in [0.15, 0.2) is 0 Å². The summed E-state index contributed by atoms with van der Waals surface area (Å²) in [4.78, 5) is 37.2. The molecule has 2 amide bonds. The second kappa shape index (κ2) is 7.93. The topological polar surface area (TPSA) is 77.8 Å². The quantitative estimate of drug-likeness (QED) is 0.566. The number of hydrogen-bond acceptors (Lipinski definition) is 6. The third-order valence-electron chi connectivity index (χ3n) is 4.46. The van der Waals surface area contributed by atoms with Crippen LogP contribution in [0.15, 0.2) is 35.2 Å². The van der Waals surface area contributed by atoms with Crippen LogP contribution >= 0.6 is 11.8 Å². The lowest BCUT2D eigenvalue weighted by molar-refractivity contribution is -0.143. The van der Waals surface area contributed by atoms with E-state index in [4.69, 9.17) is 4.74 Å². The Kier molecular flexibility index (Phi) is 5.60. The zero-order chi connectivity index (χ0) is 20.4. The van der Waals surface area contributed by atoms with Gasteiger partial charge in [-0.15, -0.1) is 0 Å². The SMILES string of the molecule is COC(=O)CN1C(=O)S/C(=C\c2cc(C)n(-c3cccc(OC)c3)c2C)C1=O. The van der Waals surface area contributed by atoms with Crippen molar-refractivity contribution in [2.24, 2.45) is 0 Å². The van der Waals surface area contributed by atoms with Crippen molar-refractivity contribution in [2.75, 3.05) is 20.8 Å². The van der Waals surface area contributed by atoms with E-state index in [2.05, 4.69) is 4.74 Å². The molecule has 1 aliphatic rings. The van der Waals surface area contributed by atoms with Crippen LogP contribution in [0, 0.1) is 13.8 Å². The number of carbonyl (C=O) groups is 3. The van der Waals surface area contributed by atoms with Gasteiger partial charge in [0.05, 0.1) is 19.1 Å². The maximum absolute atomic E-state index is 12.5. The molecular formula is C20H20N2O5S. The first-order chi connectivity index (χ1) is 13.3. The van der Waals surface area contributed by atoms with Gasteiger partial charge in [0.1, 0.15) is 12.3 Å². The van der Waals surface area contributed by atoms with Gasteiger partial charge in [0.25, 0.3) is 11.1 Å². The fourth-order valence-corrected chi connectivity index (χ4v) is 3.88. The Hall–Kier alpha value is -3.00. The minimum atomic E-state index is -0.639. The highest BCUT2D eigenvalue weighted by molar-refractivity contribution is 8.18. The Labute approximate surface area is 166 Å². The lowest BCUT2D eigenvalue weighted by atomic mass is 10.2. The van der Waals surface area contributed by atoms with Gasteiger partial charge in [-0.25, -0.2) is 0 Å². The summed E-state index contributed by atoms with van der Waals surface area (Å²) in [6.07, 6.45) is 1.68. The number of esters is 1. The Morgan fingerprint density at radius 1 is 1.18 bits per heavy atom. The van der Waals surface area contributed by atoms with E-state index in [0.29, 0.717) is 0 Å². The van der Waals surface area contributed by atoms with Crippen LogP contribution in [0.25, 0.3) is 11.8 Å². The fourth-order valence-electron chi connectivity index (χ4n) is 3.05. The third kappa shape index (κ3) is 3.68. The van der Waals surface area contributed by atoms with E-state index in [-0.39, 0.29) is 11.4 Å². The molecule has 2 heterocycles. The summed E-state index contributed by atoms with van der Waals surface area (Å²) < 4.78 is 11.9. The minimum Gasteiger partial charge on any atom is -0.497 e. The molecule has 8 heteroatoms. The number of nitrogens with zero attached hydrogens (tertiary/aromatic N) is 2. The van der Waals surface area contributed by atoms with Crippen LogP contribution in [0.4, 0.5) is 4.79 Å². The van der Waals surface area contributed by atoms with E-state index in [1.165, 1.54) is 7.11 Å². The van der Waals surface area contributed by atoms with Gasteiger partial charge in [-0.2, -0.15) is 0 Å². The molecule has 0 bridgehead atoms. The molecule has 0 N–H and O–H groups in total. The highest BCUT2D eigenvalue weighted by Crippen LogP contribution is 2.33. The van der Waals surface area contributed by atoms with Crippen molar-refractivity contribution in [3.8, 4) is 11.4 Å². The Balaban J connectivity index is 1.94. The number of benzene rings is 1. The lowest BCUT2D eigenvalue weighted by Gasteiger charge is -2.11. The Morgan fingerprint density at radius 3 is 2.61 bits per heavy atom. The lowest BCUT2D eigenvalue weighted by Crippen LogP contribution is -2.34. The van der Waals surface area contributed by atoms with Crippen molar-refractivity contribution in [3.63, 3.8) is 0 Å². The summed E-state index contributed by atoms with van der Waals surface area (Å²) in [5.74, 6) is -0.387.